The van der Waals surface area contributed by atoms with Gasteiger partial charge in [-0.2, -0.15) is 0 Å². The number of carboxylic acid groups (broad SMARTS) is 1. The number of methoxy groups -OCH3 is 2. The zero-order valence-electron chi connectivity index (χ0n) is 12.0. The maximum atomic E-state index is 11.8. The number of hydrogen-bond donors (Lipinski definition) is 2. The van der Waals surface area contributed by atoms with Gasteiger partial charge >= 0.3 is 11.9 Å². The average molecular weight is 309 g/mol. The molecule has 8 nitrogen and oxygen atoms in total. The third kappa shape index (κ3) is 2.68. The molecule has 0 amide bonds. The van der Waals surface area contributed by atoms with Gasteiger partial charge in [0.05, 0.1) is 38.1 Å². The van der Waals surface area contributed by atoms with Crippen molar-refractivity contribution >= 4 is 17.5 Å². The van der Waals surface area contributed by atoms with Crippen LogP contribution < -0.4 is 9.47 Å². The molecular weight excluding hydrogens is 294 g/mol. The lowest BCUT2D eigenvalue weighted by molar-refractivity contribution is 0.0433. The summed E-state index contributed by atoms with van der Waals surface area (Å²) in [5.74, 6) is -1.66. The molecule has 2 N–H and O–H groups in total. The molecule has 2 aromatic heterocycles. The third-order valence-corrected chi connectivity index (χ3v) is 3.01. The fourth-order valence-corrected chi connectivity index (χ4v) is 2.10. The molecule has 0 saturated heterocycles. The predicted molar refractivity (Wildman–Crippen MR) is 74.8 cm³/mol. The topological polar surface area (TPSA) is 107 Å². The van der Waals surface area contributed by atoms with Gasteiger partial charge in [0.25, 0.3) is 0 Å². The molecule has 0 radical (unpaired) electrons. The van der Waals surface area contributed by atoms with Crippen LogP contribution in [0.2, 0.25) is 0 Å². The lowest BCUT2D eigenvalue weighted by Gasteiger charge is -2.11. The van der Waals surface area contributed by atoms with Crippen LogP contribution in [0, 0.1) is 0 Å². The van der Waals surface area contributed by atoms with Gasteiger partial charge in [-0.05, 0) is 6.07 Å². The van der Waals surface area contributed by atoms with E-state index in [0.717, 1.165) is 0 Å². The highest BCUT2D eigenvalue weighted by Gasteiger charge is 2.23. The molecule has 0 fully saturated rings. The molecular formula is C14H15NO7. The Bertz CT molecular complexity index is 720. The minimum atomic E-state index is -1.21. The number of rotatable bonds is 6. The van der Waals surface area contributed by atoms with Crippen LogP contribution in [0.3, 0.4) is 0 Å². The Morgan fingerprint density at radius 2 is 1.95 bits per heavy atom. The van der Waals surface area contributed by atoms with Gasteiger partial charge in [0.2, 0.25) is 0 Å². The molecule has 2 aromatic rings. The molecule has 22 heavy (non-hydrogen) atoms. The van der Waals surface area contributed by atoms with Crippen molar-refractivity contribution in [2.24, 2.45) is 0 Å². The van der Waals surface area contributed by atoms with Crippen LogP contribution in [0.15, 0.2) is 18.5 Å². The van der Waals surface area contributed by atoms with Crippen molar-refractivity contribution in [1.29, 1.82) is 0 Å². The summed E-state index contributed by atoms with van der Waals surface area (Å²) in [6.07, 6.45) is 2.90. The molecule has 2 heterocycles. The summed E-state index contributed by atoms with van der Waals surface area (Å²) in [5.41, 5.74) is 0.457. The number of aromatic nitrogens is 1. The Morgan fingerprint density at radius 3 is 2.50 bits per heavy atom. The second-order valence-electron chi connectivity index (χ2n) is 4.29. The number of aromatic carboxylic acids is 1. The molecule has 2 rings (SSSR count). The van der Waals surface area contributed by atoms with Crippen LogP contribution in [0.4, 0.5) is 0 Å². The SMILES string of the molecule is COc1cn2cc(C(=O)OCCO)cc2c(OC)c1C(=O)O. The highest BCUT2D eigenvalue weighted by Crippen LogP contribution is 2.34. The van der Waals surface area contributed by atoms with Crippen molar-refractivity contribution in [3.8, 4) is 11.5 Å². The minimum Gasteiger partial charge on any atom is -0.494 e. The summed E-state index contributed by atoms with van der Waals surface area (Å²) in [6.45, 7) is -0.398. The van der Waals surface area contributed by atoms with E-state index < -0.39 is 11.9 Å². The summed E-state index contributed by atoms with van der Waals surface area (Å²) in [7, 11) is 2.67. The van der Waals surface area contributed by atoms with Gasteiger partial charge in [0.1, 0.15) is 12.2 Å². The van der Waals surface area contributed by atoms with Crippen LogP contribution in [0.25, 0.3) is 5.52 Å². The van der Waals surface area contributed by atoms with Crippen molar-refractivity contribution in [3.05, 3.63) is 29.6 Å². The van der Waals surface area contributed by atoms with Gasteiger partial charge in [-0.15, -0.1) is 0 Å². The number of esters is 1. The smallest absolute Gasteiger partial charge is 0.343 e. The van der Waals surface area contributed by atoms with E-state index in [4.69, 9.17) is 19.3 Å². The predicted octanol–water partition coefficient (Wildman–Crippen LogP) is 0.804. The van der Waals surface area contributed by atoms with E-state index in [0.29, 0.717) is 5.52 Å². The quantitative estimate of drug-likeness (QED) is 0.760. The van der Waals surface area contributed by atoms with Crippen molar-refractivity contribution in [1.82, 2.24) is 4.40 Å². The lowest BCUT2D eigenvalue weighted by atomic mass is 10.2. The number of carboxylic acids is 1. The van der Waals surface area contributed by atoms with Crippen molar-refractivity contribution in [2.45, 2.75) is 0 Å². The first kappa shape index (κ1) is 15.6. The van der Waals surface area contributed by atoms with Crippen molar-refractivity contribution in [2.75, 3.05) is 27.4 Å². The number of fused-ring (bicyclic) bond motifs is 1. The van der Waals surface area contributed by atoms with Gasteiger partial charge in [0, 0.05) is 6.20 Å². The summed E-state index contributed by atoms with van der Waals surface area (Å²) in [5, 5.41) is 18.0. The van der Waals surface area contributed by atoms with E-state index in [1.807, 2.05) is 0 Å². The zero-order chi connectivity index (χ0) is 16.3. The van der Waals surface area contributed by atoms with Crippen LogP contribution in [0.1, 0.15) is 20.7 Å². The number of carbonyl (C=O) groups is 2. The Hall–Kier alpha value is -2.74. The zero-order valence-corrected chi connectivity index (χ0v) is 12.0. The van der Waals surface area contributed by atoms with Crippen molar-refractivity contribution in [3.63, 3.8) is 0 Å². The van der Waals surface area contributed by atoms with E-state index in [-0.39, 0.29) is 35.8 Å². The van der Waals surface area contributed by atoms with Crippen LogP contribution in [-0.4, -0.2) is 54.0 Å². The molecule has 118 valence electrons. The van der Waals surface area contributed by atoms with Gasteiger partial charge in [-0.3, -0.25) is 0 Å². The summed E-state index contributed by atoms with van der Waals surface area (Å²) < 4.78 is 16.6. The van der Waals surface area contributed by atoms with Gasteiger partial charge < -0.3 is 28.8 Å². The first-order valence-electron chi connectivity index (χ1n) is 6.31. The fraction of sp³-hybridized carbons (Fsp3) is 0.286. The molecule has 0 aliphatic carbocycles. The molecule has 0 unspecified atom stereocenters. The van der Waals surface area contributed by atoms with Gasteiger partial charge in [-0.1, -0.05) is 0 Å². The number of pyridine rings is 1. The largest absolute Gasteiger partial charge is 0.494 e. The highest BCUT2D eigenvalue weighted by atomic mass is 16.5. The molecule has 0 aliphatic heterocycles. The summed E-state index contributed by atoms with van der Waals surface area (Å²) in [4.78, 5) is 23.2. The van der Waals surface area contributed by atoms with E-state index in [9.17, 15) is 14.7 Å². The second-order valence-corrected chi connectivity index (χ2v) is 4.29. The van der Waals surface area contributed by atoms with E-state index in [2.05, 4.69) is 0 Å². The van der Waals surface area contributed by atoms with E-state index in [1.54, 1.807) is 0 Å². The first-order chi connectivity index (χ1) is 10.5. The Labute approximate surface area is 125 Å². The summed E-state index contributed by atoms with van der Waals surface area (Å²) >= 11 is 0. The standard InChI is InChI=1S/C14H15NO7/c1-20-10-7-15-6-8(14(19)22-4-3-16)5-9(15)12(21-2)11(10)13(17)18/h5-7,16H,3-4H2,1-2H3,(H,17,18). The van der Waals surface area contributed by atoms with E-state index >= 15 is 0 Å². The van der Waals surface area contributed by atoms with Crippen LogP contribution in [-0.2, 0) is 4.74 Å². The number of nitrogens with zero attached hydrogens (tertiary/aromatic N) is 1. The molecule has 0 aliphatic rings. The molecule has 0 bridgehead atoms. The van der Waals surface area contributed by atoms with Gasteiger partial charge in [0.15, 0.2) is 11.5 Å². The van der Waals surface area contributed by atoms with Crippen molar-refractivity contribution < 1.29 is 34.0 Å². The third-order valence-electron chi connectivity index (χ3n) is 3.01. The fourth-order valence-electron chi connectivity index (χ4n) is 2.10. The van der Waals surface area contributed by atoms with Crippen LogP contribution >= 0.6 is 0 Å². The maximum Gasteiger partial charge on any atom is 0.343 e. The van der Waals surface area contributed by atoms with Crippen LogP contribution in [0.5, 0.6) is 11.5 Å². The number of carbonyl (C=O) groups excluding carboxylic acids is 1. The molecule has 8 heteroatoms. The molecule has 0 atom stereocenters. The highest BCUT2D eigenvalue weighted by molar-refractivity contribution is 5.99. The lowest BCUT2D eigenvalue weighted by Crippen LogP contribution is -2.07. The molecule has 0 spiro atoms. The Balaban J connectivity index is 2.61. The number of aliphatic hydroxyl groups is 1. The van der Waals surface area contributed by atoms with E-state index in [1.165, 1.54) is 37.1 Å². The second kappa shape index (κ2) is 6.35. The maximum absolute atomic E-state index is 11.8. The number of aliphatic hydroxyl groups excluding tert-OH is 1. The number of hydrogen-bond acceptors (Lipinski definition) is 6. The molecule has 0 saturated carbocycles. The normalized spacial score (nSPS) is 10.5. The first-order valence-corrected chi connectivity index (χ1v) is 6.31. The average Bonchev–Trinajstić information content (AvgIpc) is 2.93. The number of ether oxygens (including phenoxy) is 3. The Morgan fingerprint density at radius 1 is 1.23 bits per heavy atom. The van der Waals surface area contributed by atoms with Gasteiger partial charge in [-0.25, -0.2) is 9.59 Å². The Kier molecular flexibility index (Phi) is 4.52. The summed E-state index contributed by atoms with van der Waals surface area (Å²) in [6, 6.07) is 1.45. The molecule has 0 aromatic carbocycles. The minimum absolute atomic E-state index is 0.0769. The monoisotopic (exact) mass is 309 g/mol.